The van der Waals surface area contributed by atoms with Crippen LogP contribution in [0.5, 0.6) is 0 Å². The number of thiophene rings is 1. The number of carbonyl (C=O) groups is 1. The van der Waals surface area contributed by atoms with Gasteiger partial charge in [0.05, 0.1) is 17.6 Å². The average molecular weight is 425 g/mol. The second kappa shape index (κ2) is 8.30. The maximum absolute atomic E-state index is 12.8. The van der Waals surface area contributed by atoms with Gasteiger partial charge < -0.3 is 10.3 Å². The van der Waals surface area contributed by atoms with E-state index < -0.39 is 0 Å². The zero-order valence-corrected chi connectivity index (χ0v) is 18.6. The van der Waals surface area contributed by atoms with Gasteiger partial charge in [-0.15, -0.1) is 11.3 Å². The Labute approximate surface area is 180 Å². The smallest absolute Gasteiger partial charge is 0.259 e. The molecule has 30 heavy (non-hydrogen) atoms. The van der Waals surface area contributed by atoms with Crippen molar-refractivity contribution in [2.75, 3.05) is 0 Å². The molecule has 1 aliphatic rings. The summed E-state index contributed by atoms with van der Waals surface area (Å²) in [4.78, 5) is 38.8. The first-order valence-corrected chi connectivity index (χ1v) is 11.3. The Hall–Kier alpha value is -2.54. The van der Waals surface area contributed by atoms with E-state index in [-0.39, 0.29) is 23.3 Å². The minimum atomic E-state index is -0.0816. The zero-order valence-electron chi connectivity index (χ0n) is 17.7. The lowest BCUT2D eigenvalue weighted by Gasteiger charge is -2.33. The molecular formula is C23H28N4O2S. The molecule has 6 nitrogen and oxygen atoms in total. The molecule has 158 valence electrons. The third-order valence-electron chi connectivity index (χ3n) is 5.97. The number of hydrogen-bond acceptors (Lipinski definition) is 5. The second-order valence-electron chi connectivity index (χ2n) is 9.10. The van der Waals surface area contributed by atoms with Crippen LogP contribution in [0, 0.1) is 11.3 Å². The van der Waals surface area contributed by atoms with Crippen molar-refractivity contribution in [3.8, 4) is 0 Å². The molecule has 1 atom stereocenters. The van der Waals surface area contributed by atoms with Crippen LogP contribution >= 0.6 is 11.3 Å². The number of rotatable bonds is 5. The molecule has 0 saturated heterocycles. The van der Waals surface area contributed by atoms with Crippen molar-refractivity contribution >= 4 is 27.5 Å². The number of pyridine rings is 1. The van der Waals surface area contributed by atoms with E-state index in [1.165, 1.54) is 10.4 Å². The van der Waals surface area contributed by atoms with E-state index in [9.17, 15) is 9.59 Å². The Balaban J connectivity index is 1.45. The number of carbonyl (C=O) groups excluding carboxylic acids is 1. The van der Waals surface area contributed by atoms with E-state index in [0.717, 1.165) is 35.2 Å². The molecule has 0 aromatic carbocycles. The SMILES string of the molecule is CC(C)(C)[C@H]1CCc2c(sc3nc(CCC(=O)NCc4ccccn4)[nH]c(=O)c23)C1. The summed E-state index contributed by atoms with van der Waals surface area (Å²) >= 11 is 1.65. The molecular weight excluding hydrogens is 396 g/mol. The van der Waals surface area contributed by atoms with Crippen molar-refractivity contribution in [3.05, 3.63) is 56.7 Å². The van der Waals surface area contributed by atoms with Crippen molar-refractivity contribution < 1.29 is 4.79 Å². The van der Waals surface area contributed by atoms with E-state index in [2.05, 4.69) is 41.0 Å². The Kier molecular flexibility index (Phi) is 5.73. The highest BCUT2D eigenvalue weighted by molar-refractivity contribution is 7.18. The van der Waals surface area contributed by atoms with Gasteiger partial charge in [-0.1, -0.05) is 26.8 Å². The van der Waals surface area contributed by atoms with Gasteiger partial charge in [-0.3, -0.25) is 14.6 Å². The van der Waals surface area contributed by atoms with Crippen molar-refractivity contribution in [1.82, 2.24) is 20.3 Å². The number of fused-ring (bicyclic) bond motifs is 3. The van der Waals surface area contributed by atoms with E-state index >= 15 is 0 Å². The highest BCUT2D eigenvalue weighted by atomic mass is 32.1. The van der Waals surface area contributed by atoms with Gasteiger partial charge in [0.1, 0.15) is 10.7 Å². The topological polar surface area (TPSA) is 87.7 Å². The molecule has 3 aromatic heterocycles. The Morgan fingerprint density at radius 3 is 2.90 bits per heavy atom. The fourth-order valence-corrected chi connectivity index (χ4v) is 5.42. The van der Waals surface area contributed by atoms with Gasteiger partial charge in [-0.05, 0) is 48.3 Å². The van der Waals surface area contributed by atoms with Crippen LogP contribution in [0.2, 0.25) is 0 Å². The minimum Gasteiger partial charge on any atom is -0.350 e. The van der Waals surface area contributed by atoms with Crippen LogP contribution < -0.4 is 10.9 Å². The maximum atomic E-state index is 12.8. The summed E-state index contributed by atoms with van der Waals surface area (Å²) in [6.45, 7) is 7.27. The molecule has 3 heterocycles. The molecule has 0 fully saturated rings. The number of amides is 1. The number of aromatic amines is 1. The molecule has 3 aromatic rings. The fraction of sp³-hybridized carbons (Fsp3) is 0.478. The predicted molar refractivity (Wildman–Crippen MR) is 120 cm³/mol. The molecule has 0 saturated carbocycles. The summed E-state index contributed by atoms with van der Waals surface area (Å²) in [5, 5.41) is 3.62. The lowest BCUT2D eigenvalue weighted by molar-refractivity contribution is -0.121. The van der Waals surface area contributed by atoms with Gasteiger partial charge in [0.25, 0.3) is 5.56 Å². The fourth-order valence-electron chi connectivity index (χ4n) is 4.10. The predicted octanol–water partition coefficient (Wildman–Crippen LogP) is 3.78. The van der Waals surface area contributed by atoms with E-state index in [1.54, 1.807) is 17.5 Å². The molecule has 7 heteroatoms. The molecule has 1 amide bonds. The molecule has 0 unspecified atom stereocenters. The van der Waals surface area contributed by atoms with Crippen LogP contribution in [-0.2, 0) is 30.6 Å². The van der Waals surface area contributed by atoms with Crippen molar-refractivity contribution in [1.29, 1.82) is 0 Å². The Morgan fingerprint density at radius 2 is 2.17 bits per heavy atom. The monoisotopic (exact) mass is 424 g/mol. The molecule has 0 radical (unpaired) electrons. The summed E-state index contributed by atoms with van der Waals surface area (Å²) in [5.41, 5.74) is 2.19. The second-order valence-corrected chi connectivity index (χ2v) is 10.2. The van der Waals surface area contributed by atoms with E-state index in [0.29, 0.717) is 24.7 Å². The van der Waals surface area contributed by atoms with Gasteiger partial charge in [0.2, 0.25) is 5.91 Å². The van der Waals surface area contributed by atoms with Gasteiger partial charge in [-0.2, -0.15) is 0 Å². The number of nitrogens with one attached hydrogen (secondary N) is 2. The third-order valence-corrected chi connectivity index (χ3v) is 7.12. The van der Waals surface area contributed by atoms with Crippen LogP contribution in [0.1, 0.15) is 55.6 Å². The minimum absolute atomic E-state index is 0.0735. The summed E-state index contributed by atoms with van der Waals surface area (Å²) in [7, 11) is 0. The maximum Gasteiger partial charge on any atom is 0.259 e. The number of aryl methyl sites for hydroxylation is 2. The Morgan fingerprint density at radius 1 is 1.33 bits per heavy atom. The van der Waals surface area contributed by atoms with Gasteiger partial charge in [-0.25, -0.2) is 4.98 Å². The van der Waals surface area contributed by atoms with Crippen LogP contribution in [-0.4, -0.2) is 20.9 Å². The van der Waals surface area contributed by atoms with E-state index in [1.807, 2.05) is 18.2 Å². The largest absolute Gasteiger partial charge is 0.350 e. The number of aromatic nitrogens is 3. The summed E-state index contributed by atoms with van der Waals surface area (Å²) in [6.07, 6.45) is 5.46. The standard InChI is InChI=1S/C23H28N4O2S/c1-23(2,3)14-7-8-16-17(12-14)30-22-20(16)21(29)26-18(27-22)9-10-19(28)25-13-15-6-4-5-11-24-15/h4-6,11,14H,7-10,12-13H2,1-3H3,(H,25,28)(H,26,27,29)/t14-/m0/s1. The number of hydrogen-bond donors (Lipinski definition) is 2. The summed E-state index contributed by atoms with van der Waals surface area (Å²) in [5.74, 6) is 1.12. The van der Waals surface area contributed by atoms with Crippen LogP contribution in [0.3, 0.4) is 0 Å². The van der Waals surface area contributed by atoms with Crippen molar-refractivity contribution in [2.24, 2.45) is 11.3 Å². The van der Waals surface area contributed by atoms with Gasteiger partial charge >= 0.3 is 0 Å². The van der Waals surface area contributed by atoms with Crippen molar-refractivity contribution in [2.45, 2.75) is 59.4 Å². The van der Waals surface area contributed by atoms with Crippen LogP contribution in [0.25, 0.3) is 10.2 Å². The number of H-pyrrole nitrogens is 1. The molecule has 4 rings (SSSR count). The average Bonchev–Trinajstić information content (AvgIpc) is 3.09. The lowest BCUT2D eigenvalue weighted by Crippen LogP contribution is -2.26. The molecule has 1 aliphatic carbocycles. The first-order valence-electron chi connectivity index (χ1n) is 10.5. The quantitative estimate of drug-likeness (QED) is 0.652. The number of nitrogens with zero attached hydrogens (tertiary/aromatic N) is 2. The van der Waals surface area contributed by atoms with Gasteiger partial charge in [0, 0.05) is 23.9 Å². The van der Waals surface area contributed by atoms with Crippen LogP contribution in [0.15, 0.2) is 29.2 Å². The lowest BCUT2D eigenvalue weighted by atomic mass is 9.72. The van der Waals surface area contributed by atoms with Crippen molar-refractivity contribution in [3.63, 3.8) is 0 Å². The third kappa shape index (κ3) is 4.46. The highest BCUT2D eigenvalue weighted by Gasteiger charge is 2.31. The van der Waals surface area contributed by atoms with E-state index in [4.69, 9.17) is 0 Å². The van der Waals surface area contributed by atoms with Gasteiger partial charge in [0.15, 0.2) is 0 Å². The summed E-state index contributed by atoms with van der Waals surface area (Å²) in [6, 6.07) is 5.61. The Bertz CT molecular complexity index is 1110. The highest BCUT2D eigenvalue weighted by Crippen LogP contribution is 2.41. The van der Waals surface area contributed by atoms with Crippen LogP contribution in [0.4, 0.5) is 0 Å². The summed E-state index contributed by atoms with van der Waals surface area (Å²) < 4.78 is 0. The zero-order chi connectivity index (χ0) is 21.3. The molecule has 0 spiro atoms. The molecule has 0 bridgehead atoms. The molecule has 2 N–H and O–H groups in total. The first kappa shape index (κ1) is 20.7. The first-order chi connectivity index (χ1) is 14.3. The molecule has 0 aliphatic heterocycles. The normalized spacial score (nSPS) is 16.4.